The summed E-state index contributed by atoms with van der Waals surface area (Å²) in [6.45, 7) is 5.20. The van der Waals surface area contributed by atoms with E-state index in [0.29, 0.717) is 55.3 Å². The van der Waals surface area contributed by atoms with Gasteiger partial charge >= 0.3 is 0 Å². The molecule has 10 heteroatoms. The number of ketones is 1. The van der Waals surface area contributed by atoms with Gasteiger partial charge in [0.2, 0.25) is 22.7 Å². The Labute approximate surface area is 193 Å². The van der Waals surface area contributed by atoms with Crippen molar-refractivity contribution in [3.05, 3.63) is 47.5 Å². The van der Waals surface area contributed by atoms with Crippen molar-refractivity contribution in [1.82, 2.24) is 9.21 Å². The Morgan fingerprint density at radius 1 is 1.00 bits per heavy atom. The van der Waals surface area contributed by atoms with Crippen LogP contribution < -0.4 is 14.8 Å². The van der Waals surface area contributed by atoms with E-state index in [1.54, 1.807) is 36.4 Å². The maximum Gasteiger partial charge on any atom is 0.243 e. The Balaban J connectivity index is 1.39. The molecule has 0 spiro atoms. The zero-order chi connectivity index (χ0) is 23.6. The fourth-order valence-electron chi connectivity index (χ4n) is 3.93. The monoisotopic (exact) mass is 473 g/mol. The average molecular weight is 474 g/mol. The number of nitrogens with zero attached hydrogens (tertiary/aromatic N) is 2. The number of amides is 1. The second kappa shape index (κ2) is 9.50. The van der Waals surface area contributed by atoms with Gasteiger partial charge in [0.1, 0.15) is 0 Å². The van der Waals surface area contributed by atoms with Crippen molar-refractivity contribution in [2.45, 2.75) is 25.2 Å². The first-order chi connectivity index (χ1) is 15.7. The minimum atomic E-state index is -3.58. The summed E-state index contributed by atoms with van der Waals surface area (Å²) in [5, 5.41) is 2.79. The van der Waals surface area contributed by atoms with Crippen LogP contribution in [-0.4, -0.2) is 68.8 Å². The number of hydrogen-bond acceptors (Lipinski definition) is 7. The standard InChI is InChI=1S/C23H27N3O6S/c1-16-4-6-18(7-5-16)33(29,30)26-9-3-8-25(10-11-26)14-23(28)24-20-13-22-21(31-15-32-22)12-19(20)17(2)27/h4-7,12-13H,3,8-11,14-15H2,1-2H3,(H,24,28). The van der Waals surface area contributed by atoms with Crippen LogP contribution in [0.4, 0.5) is 5.69 Å². The molecular weight excluding hydrogens is 446 g/mol. The summed E-state index contributed by atoms with van der Waals surface area (Å²) in [6, 6.07) is 9.98. The molecule has 0 aliphatic carbocycles. The van der Waals surface area contributed by atoms with Gasteiger partial charge in [0.25, 0.3) is 0 Å². The molecule has 1 amide bonds. The van der Waals surface area contributed by atoms with Gasteiger partial charge in [-0.2, -0.15) is 4.31 Å². The summed E-state index contributed by atoms with van der Waals surface area (Å²) >= 11 is 0. The van der Waals surface area contributed by atoms with Crippen molar-refractivity contribution >= 4 is 27.4 Å². The van der Waals surface area contributed by atoms with E-state index in [1.165, 1.54) is 11.2 Å². The molecule has 4 rings (SSSR count). The Morgan fingerprint density at radius 2 is 1.70 bits per heavy atom. The van der Waals surface area contributed by atoms with Gasteiger partial charge in [-0.1, -0.05) is 17.7 Å². The molecule has 2 heterocycles. The number of ether oxygens (including phenoxy) is 2. The van der Waals surface area contributed by atoms with E-state index in [-0.39, 0.29) is 29.9 Å². The zero-order valence-corrected chi connectivity index (χ0v) is 19.5. The van der Waals surface area contributed by atoms with Crippen LogP contribution in [0.25, 0.3) is 0 Å². The van der Waals surface area contributed by atoms with Crippen molar-refractivity contribution in [2.75, 3.05) is 44.8 Å². The van der Waals surface area contributed by atoms with E-state index >= 15 is 0 Å². The molecule has 1 fully saturated rings. The molecule has 0 bridgehead atoms. The van der Waals surface area contributed by atoms with Crippen LogP contribution in [0.15, 0.2) is 41.3 Å². The van der Waals surface area contributed by atoms with Gasteiger partial charge in [0.15, 0.2) is 17.3 Å². The Kier molecular flexibility index (Phi) is 6.68. The normalized spacial score (nSPS) is 16.9. The molecule has 0 unspecified atom stereocenters. The number of Topliss-reactive ketones (excluding diaryl/α,β-unsaturated/α-hetero) is 1. The number of carbonyl (C=O) groups excluding carboxylic acids is 2. The van der Waals surface area contributed by atoms with Crippen LogP contribution in [0.3, 0.4) is 0 Å². The Hall–Kier alpha value is -2.95. The SMILES string of the molecule is CC(=O)c1cc2c(cc1NC(=O)CN1CCCN(S(=O)(=O)c3ccc(C)cc3)CC1)OCO2. The lowest BCUT2D eigenvalue weighted by molar-refractivity contribution is -0.117. The quantitative estimate of drug-likeness (QED) is 0.642. The lowest BCUT2D eigenvalue weighted by Crippen LogP contribution is -2.38. The third kappa shape index (κ3) is 5.18. The first kappa shape index (κ1) is 23.2. The predicted molar refractivity (Wildman–Crippen MR) is 122 cm³/mol. The topological polar surface area (TPSA) is 105 Å². The van der Waals surface area contributed by atoms with Crippen LogP contribution in [0.5, 0.6) is 11.5 Å². The molecule has 9 nitrogen and oxygen atoms in total. The van der Waals surface area contributed by atoms with Crippen molar-refractivity contribution in [3.63, 3.8) is 0 Å². The highest BCUT2D eigenvalue weighted by Gasteiger charge is 2.28. The maximum atomic E-state index is 13.0. The average Bonchev–Trinajstić information content (AvgIpc) is 3.09. The highest BCUT2D eigenvalue weighted by Crippen LogP contribution is 2.37. The number of benzene rings is 2. The summed E-state index contributed by atoms with van der Waals surface area (Å²) in [5.74, 6) is 0.462. The number of sulfonamides is 1. The molecule has 1 saturated heterocycles. The van der Waals surface area contributed by atoms with Gasteiger partial charge in [-0.25, -0.2) is 8.42 Å². The molecular formula is C23H27N3O6S. The van der Waals surface area contributed by atoms with Gasteiger partial charge in [0.05, 0.1) is 17.1 Å². The van der Waals surface area contributed by atoms with Crippen LogP contribution in [0, 0.1) is 6.92 Å². The fraction of sp³-hybridized carbons (Fsp3) is 0.391. The highest BCUT2D eigenvalue weighted by molar-refractivity contribution is 7.89. The van der Waals surface area contributed by atoms with Gasteiger partial charge < -0.3 is 14.8 Å². The first-order valence-corrected chi connectivity index (χ1v) is 12.2. The minimum absolute atomic E-state index is 0.0693. The molecule has 0 saturated carbocycles. The van der Waals surface area contributed by atoms with Crippen molar-refractivity contribution < 1.29 is 27.5 Å². The second-order valence-corrected chi connectivity index (χ2v) is 10.1. The lowest BCUT2D eigenvalue weighted by atomic mass is 10.1. The smallest absolute Gasteiger partial charge is 0.243 e. The van der Waals surface area contributed by atoms with Crippen molar-refractivity contribution in [2.24, 2.45) is 0 Å². The third-order valence-electron chi connectivity index (χ3n) is 5.74. The van der Waals surface area contributed by atoms with Gasteiger partial charge in [0, 0.05) is 31.3 Å². The van der Waals surface area contributed by atoms with Crippen LogP contribution >= 0.6 is 0 Å². The van der Waals surface area contributed by atoms with Crippen molar-refractivity contribution in [3.8, 4) is 11.5 Å². The van der Waals surface area contributed by atoms with E-state index in [9.17, 15) is 18.0 Å². The maximum absolute atomic E-state index is 13.0. The largest absolute Gasteiger partial charge is 0.454 e. The molecule has 2 aromatic rings. The molecule has 176 valence electrons. The highest BCUT2D eigenvalue weighted by atomic mass is 32.2. The predicted octanol–water partition coefficient (Wildman–Crippen LogP) is 2.26. The molecule has 0 radical (unpaired) electrons. The number of hydrogen-bond donors (Lipinski definition) is 1. The fourth-order valence-corrected chi connectivity index (χ4v) is 5.40. The minimum Gasteiger partial charge on any atom is -0.454 e. The number of anilines is 1. The van der Waals surface area contributed by atoms with E-state index in [0.717, 1.165) is 5.56 Å². The van der Waals surface area contributed by atoms with Gasteiger partial charge in [-0.05, 0) is 45.0 Å². The summed E-state index contributed by atoms with van der Waals surface area (Å²) in [4.78, 5) is 27.0. The van der Waals surface area contributed by atoms with E-state index in [2.05, 4.69) is 5.32 Å². The Bertz CT molecular complexity index is 1160. The molecule has 1 N–H and O–H groups in total. The zero-order valence-electron chi connectivity index (χ0n) is 18.7. The summed E-state index contributed by atoms with van der Waals surface area (Å²) in [6.07, 6.45) is 0.612. The van der Waals surface area contributed by atoms with E-state index < -0.39 is 10.0 Å². The third-order valence-corrected chi connectivity index (χ3v) is 7.65. The summed E-state index contributed by atoms with van der Waals surface area (Å²) in [7, 11) is -3.58. The molecule has 33 heavy (non-hydrogen) atoms. The van der Waals surface area contributed by atoms with Crippen molar-refractivity contribution in [1.29, 1.82) is 0 Å². The number of carbonyl (C=O) groups is 2. The number of rotatable bonds is 6. The number of fused-ring (bicyclic) bond motifs is 1. The molecule has 0 aromatic heterocycles. The lowest BCUT2D eigenvalue weighted by Gasteiger charge is -2.21. The second-order valence-electron chi connectivity index (χ2n) is 8.20. The van der Waals surface area contributed by atoms with E-state index in [1.807, 2.05) is 11.8 Å². The van der Waals surface area contributed by atoms with E-state index in [4.69, 9.17) is 9.47 Å². The van der Waals surface area contributed by atoms with Crippen LogP contribution in [-0.2, 0) is 14.8 Å². The Morgan fingerprint density at radius 3 is 2.39 bits per heavy atom. The number of aryl methyl sites for hydroxylation is 1. The van der Waals surface area contributed by atoms with Gasteiger partial charge in [-0.15, -0.1) is 0 Å². The summed E-state index contributed by atoms with van der Waals surface area (Å²) < 4.78 is 38.1. The number of nitrogens with one attached hydrogen (secondary N) is 1. The molecule has 0 atom stereocenters. The summed E-state index contributed by atoms with van der Waals surface area (Å²) in [5.41, 5.74) is 1.71. The molecule has 2 aliphatic heterocycles. The van der Waals surface area contributed by atoms with Crippen LogP contribution in [0.1, 0.15) is 29.3 Å². The molecule has 2 aliphatic rings. The molecule has 2 aromatic carbocycles. The van der Waals surface area contributed by atoms with Gasteiger partial charge in [-0.3, -0.25) is 14.5 Å². The van der Waals surface area contributed by atoms with Crippen LogP contribution in [0.2, 0.25) is 0 Å². The first-order valence-electron chi connectivity index (χ1n) is 10.8.